The van der Waals surface area contributed by atoms with Crippen molar-refractivity contribution in [2.75, 3.05) is 19.1 Å². The van der Waals surface area contributed by atoms with E-state index in [1.165, 1.54) is 19.8 Å². The Morgan fingerprint density at radius 3 is 1.56 bits per heavy atom. The van der Waals surface area contributed by atoms with Crippen molar-refractivity contribution in [3.63, 3.8) is 0 Å². The first-order chi connectivity index (χ1) is 12.8. The summed E-state index contributed by atoms with van der Waals surface area (Å²) in [5.41, 5.74) is 4.39. The van der Waals surface area contributed by atoms with Crippen LogP contribution in [0, 0.1) is 0 Å². The van der Waals surface area contributed by atoms with Crippen LogP contribution in [0.2, 0.25) is 0 Å². The smallest absolute Gasteiger partial charge is 0.331 e. The lowest BCUT2D eigenvalue weighted by Crippen LogP contribution is -2.18. The second kappa shape index (κ2) is 7.06. The van der Waals surface area contributed by atoms with Crippen LogP contribution in [0.4, 0.5) is 5.69 Å². The molecule has 2 aromatic rings. The zero-order chi connectivity index (χ0) is 19.8. The number of benzene rings is 2. The maximum absolute atomic E-state index is 11.9. The molecule has 27 heavy (non-hydrogen) atoms. The van der Waals surface area contributed by atoms with Crippen LogP contribution < -0.4 is 4.90 Å². The Hall–Kier alpha value is -2.82. The lowest BCUT2D eigenvalue weighted by molar-refractivity contribution is -0.144. The van der Waals surface area contributed by atoms with Crippen LogP contribution in [0.25, 0.3) is 11.1 Å². The molecule has 0 amide bonds. The minimum atomic E-state index is -0.626. The van der Waals surface area contributed by atoms with Crippen molar-refractivity contribution in [1.82, 2.24) is 0 Å². The number of ether oxygens (including phenoxy) is 2. The summed E-state index contributed by atoms with van der Waals surface area (Å²) in [6.45, 7) is 6.57. The first-order valence-corrected chi connectivity index (χ1v) is 8.93. The average molecular weight is 367 g/mol. The molecule has 5 heteroatoms. The molecule has 0 aliphatic carbocycles. The van der Waals surface area contributed by atoms with Gasteiger partial charge in [-0.3, -0.25) is 0 Å². The van der Waals surface area contributed by atoms with Crippen molar-refractivity contribution >= 4 is 17.6 Å². The predicted molar refractivity (Wildman–Crippen MR) is 105 cm³/mol. The van der Waals surface area contributed by atoms with Crippen LogP contribution in [-0.4, -0.2) is 38.2 Å². The summed E-state index contributed by atoms with van der Waals surface area (Å²) in [6, 6.07) is 15.1. The van der Waals surface area contributed by atoms with Gasteiger partial charge in [-0.2, -0.15) is 0 Å². The second-order valence-corrected chi connectivity index (χ2v) is 7.72. The summed E-state index contributed by atoms with van der Waals surface area (Å²) in [5, 5.41) is 0. The molecule has 2 unspecified atom stereocenters. The van der Waals surface area contributed by atoms with Gasteiger partial charge in [0.1, 0.15) is 0 Å². The summed E-state index contributed by atoms with van der Waals surface area (Å²) in [6.07, 6.45) is 0. The third kappa shape index (κ3) is 3.68. The molecule has 2 aromatic carbocycles. The molecule has 142 valence electrons. The van der Waals surface area contributed by atoms with E-state index in [0.29, 0.717) is 0 Å². The number of hydrogen-bond donors (Lipinski definition) is 0. The van der Waals surface area contributed by atoms with E-state index in [0.717, 1.165) is 16.8 Å². The Labute approximate surface area is 159 Å². The van der Waals surface area contributed by atoms with Gasteiger partial charge in [0.15, 0.2) is 12.1 Å². The van der Waals surface area contributed by atoms with Gasteiger partial charge < -0.3 is 14.4 Å². The van der Waals surface area contributed by atoms with E-state index in [9.17, 15) is 9.59 Å². The first kappa shape index (κ1) is 19.0. The molecule has 0 aromatic heterocycles. The molecule has 1 heterocycles. The number of hydrogen-bond acceptors (Lipinski definition) is 5. The lowest BCUT2D eigenvalue weighted by atomic mass is 9.86. The van der Waals surface area contributed by atoms with Gasteiger partial charge in [0, 0.05) is 5.69 Å². The van der Waals surface area contributed by atoms with Crippen LogP contribution in [-0.2, 0) is 24.5 Å². The molecule has 0 spiro atoms. The van der Waals surface area contributed by atoms with Crippen LogP contribution in [0.15, 0.2) is 48.5 Å². The first-order valence-electron chi connectivity index (χ1n) is 8.93. The summed E-state index contributed by atoms with van der Waals surface area (Å²) in [4.78, 5) is 25.5. The predicted octanol–water partition coefficient (Wildman–Crippen LogP) is 3.55. The molecule has 5 nitrogen and oxygen atoms in total. The van der Waals surface area contributed by atoms with Gasteiger partial charge in [-0.15, -0.1) is 0 Å². The van der Waals surface area contributed by atoms with Crippen LogP contribution in [0.3, 0.4) is 0 Å². The molecular weight excluding hydrogens is 342 g/mol. The number of rotatable bonds is 4. The molecule has 0 N–H and O–H groups in total. The number of esters is 2. The van der Waals surface area contributed by atoms with Gasteiger partial charge >= 0.3 is 11.9 Å². The van der Waals surface area contributed by atoms with Crippen molar-refractivity contribution < 1.29 is 19.1 Å². The molecular formula is C22H25NO4. The van der Waals surface area contributed by atoms with Crippen LogP contribution in [0.1, 0.15) is 26.3 Å². The number of anilines is 1. The molecule has 1 aliphatic heterocycles. The lowest BCUT2D eigenvalue weighted by Gasteiger charge is -2.19. The van der Waals surface area contributed by atoms with Crippen molar-refractivity contribution in [1.29, 1.82) is 0 Å². The SMILES string of the molecule is COC(=O)C1C(C(=O)OC)N1c1ccc(-c2ccc(C(C)(C)C)cc2)cc1. The fraction of sp³-hybridized carbons (Fsp3) is 0.364. The van der Waals surface area contributed by atoms with E-state index in [-0.39, 0.29) is 5.41 Å². The summed E-state index contributed by atoms with van der Waals surface area (Å²) in [5.74, 6) is -0.875. The van der Waals surface area contributed by atoms with Gasteiger partial charge in [0.25, 0.3) is 0 Å². The van der Waals surface area contributed by atoms with Crippen LogP contribution >= 0.6 is 0 Å². The van der Waals surface area contributed by atoms with Gasteiger partial charge in [0.2, 0.25) is 0 Å². The Morgan fingerprint density at radius 1 is 0.778 bits per heavy atom. The van der Waals surface area contributed by atoms with E-state index in [2.05, 4.69) is 45.0 Å². The molecule has 0 bridgehead atoms. The normalized spacial score (nSPS) is 18.8. The highest BCUT2D eigenvalue weighted by Crippen LogP contribution is 2.38. The van der Waals surface area contributed by atoms with Crippen molar-refractivity contribution in [2.24, 2.45) is 0 Å². The third-order valence-electron chi connectivity index (χ3n) is 4.94. The van der Waals surface area contributed by atoms with Crippen molar-refractivity contribution in [3.05, 3.63) is 54.1 Å². The Kier molecular flexibility index (Phi) is 4.96. The summed E-state index contributed by atoms with van der Waals surface area (Å²) in [7, 11) is 2.63. The average Bonchev–Trinajstić information content (AvgIpc) is 3.42. The second-order valence-electron chi connectivity index (χ2n) is 7.72. The number of carbonyl (C=O) groups is 2. The van der Waals surface area contributed by atoms with Gasteiger partial charge in [-0.25, -0.2) is 9.59 Å². The van der Waals surface area contributed by atoms with E-state index in [4.69, 9.17) is 9.47 Å². The van der Waals surface area contributed by atoms with E-state index >= 15 is 0 Å². The fourth-order valence-electron chi connectivity index (χ4n) is 3.27. The zero-order valence-corrected chi connectivity index (χ0v) is 16.4. The largest absolute Gasteiger partial charge is 0.467 e. The maximum Gasteiger partial charge on any atom is 0.331 e. The zero-order valence-electron chi connectivity index (χ0n) is 16.4. The molecule has 1 saturated heterocycles. The van der Waals surface area contributed by atoms with Gasteiger partial charge in [-0.1, -0.05) is 57.2 Å². The summed E-state index contributed by atoms with van der Waals surface area (Å²) >= 11 is 0. The number of methoxy groups -OCH3 is 2. The Bertz CT molecular complexity index is 812. The van der Waals surface area contributed by atoms with Gasteiger partial charge in [0.05, 0.1) is 14.2 Å². The standard InChI is InChI=1S/C22H25NO4/c1-22(2,3)16-10-6-14(7-11-16)15-8-12-17(13-9-15)23-18(20(24)26-4)19(23)21(25)27-5/h6-13,18-19H,1-5H3. The molecule has 1 fully saturated rings. The van der Waals surface area contributed by atoms with E-state index < -0.39 is 24.0 Å². The topological polar surface area (TPSA) is 55.6 Å². The van der Waals surface area contributed by atoms with Crippen molar-refractivity contribution in [3.8, 4) is 11.1 Å². The van der Waals surface area contributed by atoms with Gasteiger partial charge in [-0.05, 0) is 34.2 Å². The fourth-order valence-corrected chi connectivity index (χ4v) is 3.27. The highest BCUT2D eigenvalue weighted by Gasteiger charge is 2.59. The monoisotopic (exact) mass is 367 g/mol. The highest BCUT2D eigenvalue weighted by atomic mass is 16.5. The molecule has 1 aliphatic rings. The maximum atomic E-state index is 11.9. The van der Waals surface area contributed by atoms with E-state index in [1.54, 1.807) is 4.90 Å². The molecule has 2 atom stereocenters. The quantitative estimate of drug-likeness (QED) is 0.611. The van der Waals surface area contributed by atoms with E-state index in [1.807, 2.05) is 24.3 Å². The Morgan fingerprint density at radius 2 is 1.19 bits per heavy atom. The number of nitrogens with zero attached hydrogens (tertiary/aromatic N) is 1. The molecule has 0 saturated carbocycles. The molecule has 3 rings (SSSR count). The van der Waals surface area contributed by atoms with Crippen LogP contribution in [0.5, 0.6) is 0 Å². The minimum Gasteiger partial charge on any atom is -0.467 e. The highest BCUT2D eigenvalue weighted by molar-refractivity contribution is 6.01. The molecule has 0 radical (unpaired) electrons. The van der Waals surface area contributed by atoms with Crippen molar-refractivity contribution in [2.45, 2.75) is 38.3 Å². The minimum absolute atomic E-state index is 0.118. The third-order valence-corrected chi connectivity index (χ3v) is 4.94. The number of carbonyl (C=O) groups excluding carboxylic acids is 2. The Balaban J connectivity index is 1.81. The summed E-state index contributed by atoms with van der Waals surface area (Å²) < 4.78 is 9.59.